The van der Waals surface area contributed by atoms with E-state index in [2.05, 4.69) is 48.0 Å². The van der Waals surface area contributed by atoms with Crippen LogP contribution >= 0.6 is 45.3 Å². The zero-order valence-electron chi connectivity index (χ0n) is 18.4. The summed E-state index contributed by atoms with van der Waals surface area (Å²) < 4.78 is 0. The first-order chi connectivity index (χ1) is 15.4. The molecule has 1 amide bonds. The van der Waals surface area contributed by atoms with Crippen LogP contribution in [-0.2, 0) is 19.4 Å². The molecule has 0 aliphatic heterocycles. The number of carbonyl (C=O) groups is 1. The van der Waals surface area contributed by atoms with E-state index in [1.165, 1.54) is 16.2 Å². The van der Waals surface area contributed by atoms with Gasteiger partial charge < -0.3 is 5.32 Å². The normalized spacial score (nSPS) is 11.6. The lowest BCUT2D eigenvalue weighted by molar-refractivity contribution is 0.0945. The first-order valence-corrected chi connectivity index (χ1v) is 13.9. The molecule has 0 saturated carbocycles. The Hall–Kier alpha value is -2.01. The summed E-state index contributed by atoms with van der Waals surface area (Å²) in [7, 11) is 0. The number of nitrogens with one attached hydrogen (secondary N) is 1. The van der Waals surface area contributed by atoms with Crippen LogP contribution < -0.4 is 5.32 Å². The molecule has 10 heteroatoms. The van der Waals surface area contributed by atoms with Gasteiger partial charge in [0.15, 0.2) is 20.0 Å². The Labute approximate surface area is 203 Å². The van der Waals surface area contributed by atoms with Gasteiger partial charge in [-0.2, -0.15) is 0 Å². The maximum absolute atomic E-state index is 13.2. The summed E-state index contributed by atoms with van der Waals surface area (Å²) in [4.78, 5) is 33.6. The molecule has 0 fully saturated rings. The number of nitrogens with zero attached hydrogens (tertiary/aromatic N) is 4. The number of aromatic nitrogens is 4. The van der Waals surface area contributed by atoms with Crippen LogP contribution in [0.5, 0.6) is 0 Å². The van der Waals surface area contributed by atoms with Crippen LogP contribution in [0.1, 0.15) is 53.6 Å². The Kier molecular flexibility index (Phi) is 7.44. The third-order valence-electron chi connectivity index (χ3n) is 4.52. The molecule has 0 bridgehead atoms. The second kappa shape index (κ2) is 10.3. The minimum absolute atomic E-state index is 0.154. The van der Waals surface area contributed by atoms with Crippen molar-refractivity contribution in [3.8, 4) is 20.0 Å². The van der Waals surface area contributed by atoms with E-state index < -0.39 is 0 Å². The summed E-state index contributed by atoms with van der Waals surface area (Å²) in [5, 5.41) is 10.5. The molecule has 4 aromatic rings. The second-order valence-corrected chi connectivity index (χ2v) is 12.2. The van der Waals surface area contributed by atoms with Crippen molar-refractivity contribution in [1.29, 1.82) is 0 Å². The Balaban J connectivity index is 1.56. The van der Waals surface area contributed by atoms with Crippen LogP contribution in [0.25, 0.3) is 20.0 Å². The van der Waals surface area contributed by atoms with Crippen molar-refractivity contribution < 1.29 is 4.79 Å². The Morgan fingerprint density at radius 2 is 1.41 bits per heavy atom. The zero-order valence-corrected chi connectivity index (χ0v) is 21.7. The van der Waals surface area contributed by atoms with Gasteiger partial charge in [-0.1, -0.05) is 27.7 Å². The zero-order chi connectivity index (χ0) is 22.7. The minimum atomic E-state index is -0.154. The molecule has 4 aromatic heterocycles. The van der Waals surface area contributed by atoms with Crippen LogP contribution in [0, 0.1) is 11.8 Å². The Morgan fingerprint density at radius 3 is 1.97 bits per heavy atom. The van der Waals surface area contributed by atoms with Gasteiger partial charge >= 0.3 is 0 Å². The Morgan fingerprint density at radius 1 is 0.844 bits per heavy atom. The smallest absolute Gasteiger partial charge is 0.271 e. The van der Waals surface area contributed by atoms with E-state index in [4.69, 9.17) is 4.98 Å². The molecule has 0 atom stereocenters. The molecule has 0 aliphatic rings. The van der Waals surface area contributed by atoms with Crippen molar-refractivity contribution in [2.45, 2.75) is 47.1 Å². The number of thiazole rings is 4. The van der Waals surface area contributed by atoms with Crippen LogP contribution in [0.3, 0.4) is 0 Å². The predicted molar refractivity (Wildman–Crippen MR) is 135 cm³/mol. The SMILES string of the molecule is CC(C)Cc1sc(-c2nccs2)nc1CNC(=O)c1nc(-c2nccs2)sc1CC(C)C. The maximum Gasteiger partial charge on any atom is 0.271 e. The largest absolute Gasteiger partial charge is 0.345 e. The Bertz CT molecular complexity index is 1160. The highest BCUT2D eigenvalue weighted by Gasteiger charge is 2.22. The molecule has 0 unspecified atom stereocenters. The van der Waals surface area contributed by atoms with Gasteiger partial charge in [0.2, 0.25) is 0 Å². The molecule has 1 N–H and O–H groups in total. The number of hydrogen-bond acceptors (Lipinski definition) is 9. The molecular formula is C22H25N5OS4. The lowest BCUT2D eigenvalue weighted by Gasteiger charge is -2.08. The first-order valence-electron chi connectivity index (χ1n) is 10.5. The van der Waals surface area contributed by atoms with Crippen LogP contribution in [0.4, 0.5) is 0 Å². The predicted octanol–water partition coefficient (Wildman–Crippen LogP) is 6.17. The fourth-order valence-electron chi connectivity index (χ4n) is 3.18. The third-order valence-corrected chi connectivity index (χ3v) is 8.55. The molecule has 0 aromatic carbocycles. The molecule has 0 radical (unpaired) electrons. The molecule has 168 valence electrons. The average molecular weight is 504 g/mol. The van der Waals surface area contributed by atoms with Crippen molar-refractivity contribution in [2.24, 2.45) is 11.8 Å². The van der Waals surface area contributed by atoms with E-state index in [-0.39, 0.29) is 5.91 Å². The summed E-state index contributed by atoms with van der Waals surface area (Å²) >= 11 is 6.36. The van der Waals surface area contributed by atoms with Crippen LogP contribution in [-0.4, -0.2) is 25.8 Å². The molecule has 4 rings (SSSR count). The topological polar surface area (TPSA) is 80.7 Å². The summed E-state index contributed by atoms with van der Waals surface area (Å²) in [6, 6.07) is 0. The summed E-state index contributed by atoms with van der Waals surface area (Å²) in [6.45, 7) is 9.07. The molecule has 0 spiro atoms. The van der Waals surface area contributed by atoms with Gasteiger partial charge in [0.25, 0.3) is 5.91 Å². The van der Waals surface area contributed by atoms with Crippen molar-refractivity contribution >= 4 is 51.3 Å². The van der Waals surface area contributed by atoms with Gasteiger partial charge in [0.05, 0.1) is 12.2 Å². The summed E-state index contributed by atoms with van der Waals surface area (Å²) in [5.41, 5.74) is 1.43. The molecule has 0 saturated heterocycles. The summed E-state index contributed by atoms with van der Waals surface area (Å²) in [6.07, 6.45) is 5.30. The lowest BCUT2D eigenvalue weighted by Crippen LogP contribution is -2.25. The lowest BCUT2D eigenvalue weighted by atomic mass is 10.1. The van der Waals surface area contributed by atoms with Gasteiger partial charge in [-0.25, -0.2) is 19.9 Å². The van der Waals surface area contributed by atoms with Crippen LogP contribution in [0.2, 0.25) is 0 Å². The van der Waals surface area contributed by atoms with Gasteiger partial charge in [0.1, 0.15) is 5.69 Å². The monoisotopic (exact) mass is 503 g/mol. The standard InChI is InChI=1S/C22H25N5OS4/c1-12(2)9-15-14(26-21(31-15)19-23-5-7-29-19)11-25-18(28)17-16(10-13(3)4)32-22(27-17)20-24-6-8-30-20/h5-8,12-13H,9-11H2,1-4H3,(H,25,28). The van der Waals surface area contributed by atoms with Crippen molar-refractivity contribution in [3.05, 3.63) is 44.3 Å². The van der Waals surface area contributed by atoms with Crippen molar-refractivity contribution in [1.82, 2.24) is 25.3 Å². The van der Waals surface area contributed by atoms with Gasteiger partial charge in [-0.15, -0.1) is 45.3 Å². The number of amides is 1. The summed E-state index contributed by atoms with van der Waals surface area (Å²) in [5.74, 6) is 0.785. The van der Waals surface area contributed by atoms with Gasteiger partial charge in [0, 0.05) is 32.9 Å². The highest BCUT2D eigenvalue weighted by Crippen LogP contribution is 2.32. The minimum Gasteiger partial charge on any atom is -0.345 e. The average Bonchev–Trinajstić information content (AvgIpc) is 3.51. The molecule has 6 nitrogen and oxygen atoms in total. The number of rotatable bonds is 9. The van der Waals surface area contributed by atoms with Crippen molar-refractivity contribution in [2.75, 3.05) is 0 Å². The van der Waals surface area contributed by atoms with E-state index in [1.807, 2.05) is 10.8 Å². The molecule has 32 heavy (non-hydrogen) atoms. The first kappa shape index (κ1) is 23.2. The van der Waals surface area contributed by atoms with Crippen LogP contribution in [0.15, 0.2) is 23.2 Å². The fourth-order valence-corrected chi connectivity index (χ4v) is 7.10. The number of hydrogen-bond donors (Lipinski definition) is 1. The molecule has 4 heterocycles. The molecule has 0 aliphatic carbocycles. The van der Waals surface area contributed by atoms with E-state index >= 15 is 0 Å². The van der Waals surface area contributed by atoms with E-state index in [9.17, 15) is 4.79 Å². The van der Waals surface area contributed by atoms with Crippen molar-refractivity contribution in [3.63, 3.8) is 0 Å². The fraction of sp³-hybridized carbons (Fsp3) is 0.409. The molecular weight excluding hydrogens is 479 g/mol. The van der Waals surface area contributed by atoms with Gasteiger partial charge in [-0.05, 0) is 24.7 Å². The quantitative estimate of drug-likeness (QED) is 0.295. The third kappa shape index (κ3) is 5.48. The van der Waals surface area contributed by atoms with E-state index in [0.717, 1.165) is 43.4 Å². The second-order valence-electron chi connectivity index (χ2n) is 8.23. The van der Waals surface area contributed by atoms with Gasteiger partial charge in [-0.3, -0.25) is 4.79 Å². The number of carbonyl (C=O) groups excluding carboxylic acids is 1. The van der Waals surface area contributed by atoms with E-state index in [0.29, 0.717) is 24.1 Å². The maximum atomic E-state index is 13.2. The highest BCUT2D eigenvalue weighted by atomic mass is 32.1. The highest BCUT2D eigenvalue weighted by molar-refractivity contribution is 7.21. The van der Waals surface area contributed by atoms with E-state index in [1.54, 1.807) is 46.4 Å².